The summed E-state index contributed by atoms with van der Waals surface area (Å²) in [7, 11) is 1.81. The van der Waals surface area contributed by atoms with E-state index in [1.54, 1.807) is 12.1 Å². The predicted octanol–water partition coefficient (Wildman–Crippen LogP) is 0.973. The number of rotatable bonds is 5. The summed E-state index contributed by atoms with van der Waals surface area (Å²) in [5.41, 5.74) is 1.41. The monoisotopic (exact) mass is 222 g/mol. The van der Waals surface area contributed by atoms with Gasteiger partial charge in [-0.25, -0.2) is 0 Å². The Bertz CT molecular complexity index is 353. The molecular formula is C12H18N2O2. The lowest BCUT2D eigenvalue weighted by molar-refractivity contribution is -0.119. The number of carbonyl (C=O) groups excluding carboxylic acids is 1. The van der Waals surface area contributed by atoms with Crippen LogP contribution in [0.4, 0.5) is 5.69 Å². The fraction of sp³-hybridized carbons (Fsp3) is 0.417. The van der Waals surface area contributed by atoms with Crippen LogP contribution >= 0.6 is 0 Å². The molecule has 88 valence electrons. The summed E-state index contributed by atoms with van der Waals surface area (Å²) in [5.74, 6) is -0.146. The van der Waals surface area contributed by atoms with Gasteiger partial charge in [0.25, 0.3) is 0 Å². The molecule has 0 spiro atoms. The second kappa shape index (κ2) is 6.25. The van der Waals surface area contributed by atoms with Gasteiger partial charge in [0, 0.05) is 23.7 Å². The minimum Gasteiger partial charge on any atom is -0.392 e. The number of nitrogens with one attached hydrogen (secondary N) is 2. The average molecular weight is 222 g/mol. The molecule has 4 nitrogen and oxygen atoms in total. The third-order valence-electron chi connectivity index (χ3n) is 2.40. The van der Waals surface area contributed by atoms with E-state index in [-0.39, 0.29) is 18.4 Å². The Morgan fingerprint density at radius 2 is 2.12 bits per heavy atom. The van der Waals surface area contributed by atoms with Crippen molar-refractivity contribution in [1.29, 1.82) is 0 Å². The summed E-state index contributed by atoms with van der Waals surface area (Å²) in [4.78, 5) is 11.7. The maximum Gasteiger partial charge on any atom is 0.228 e. The third-order valence-corrected chi connectivity index (χ3v) is 2.40. The van der Waals surface area contributed by atoms with Gasteiger partial charge in [-0.2, -0.15) is 0 Å². The molecule has 0 radical (unpaired) electrons. The maximum atomic E-state index is 11.7. The zero-order valence-electron chi connectivity index (χ0n) is 9.66. The van der Waals surface area contributed by atoms with Gasteiger partial charge in [0.15, 0.2) is 0 Å². The molecule has 0 saturated carbocycles. The van der Waals surface area contributed by atoms with Crippen molar-refractivity contribution >= 4 is 11.6 Å². The van der Waals surface area contributed by atoms with Gasteiger partial charge < -0.3 is 15.7 Å². The smallest absolute Gasteiger partial charge is 0.228 e. The molecule has 0 aromatic heterocycles. The number of aliphatic hydroxyl groups excluding tert-OH is 1. The van der Waals surface area contributed by atoms with Crippen LogP contribution in [0, 0.1) is 5.92 Å². The number of hydrogen-bond acceptors (Lipinski definition) is 3. The standard InChI is InChI=1S/C12H18N2O2/c1-9(7-13-2)12(16)14-11-6-4-3-5-10(11)8-15/h3-6,9,13,15H,7-8H2,1-2H3,(H,14,16). The van der Waals surface area contributed by atoms with Crippen molar-refractivity contribution in [3.8, 4) is 0 Å². The molecule has 0 aliphatic heterocycles. The van der Waals surface area contributed by atoms with E-state index in [1.807, 2.05) is 26.1 Å². The largest absolute Gasteiger partial charge is 0.392 e. The molecule has 0 saturated heterocycles. The Morgan fingerprint density at radius 3 is 2.75 bits per heavy atom. The Labute approximate surface area is 95.7 Å². The first-order chi connectivity index (χ1) is 7.69. The lowest BCUT2D eigenvalue weighted by Gasteiger charge is -2.13. The number of carbonyl (C=O) groups is 1. The summed E-state index contributed by atoms with van der Waals surface area (Å²) >= 11 is 0. The van der Waals surface area contributed by atoms with Crippen molar-refractivity contribution in [1.82, 2.24) is 5.32 Å². The molecule has 0 bridgehead atoms. The summed E-state index contributed by atoms with van der Waals surface area (Å²) < 4.78 is 0. The van der Waals surface area contributed by atoms with Gasteiger partial charge in [-0.3, -0.25) is 4.79 Å². The van der Waals surface area contributed by atoms with Crippen LogP contribution in [0.15, 0.2) is 24.3 Å². The summed E-state index contributed by atoms with van der Waals surface area (Å²) in [6.45, 7) is 2.41. The molecule has 0 aliphatic carbocycles. The lowest BCUT2D eigenvalue weighted by atomic mass is 10.1. The molecule has 1 aromatic carbocycles. The van der Waals surface area contributed by atoms with E-state index in [9.17, 15) is 4.79 Å². The molecule has 0 aliphatic rings. The van der Waals surface area contributed by atoms with E-state index < -0.39 is 0 Å². The molecule has 1 amide bonds. The van der Waals surface area contributed by atoms with Gasteiger partial charge in [-0.1, -0.05) is 25.1 Å². The van der Waals surface area contributed by atoms with Crippen LogP contribution < -0.4 is 10.6 Å². The van der Waals surface area contributed by atoms with Crippen molar-refractivity contribution in [2.45, 2.75) is 13.5 Å². The van der Waals surface area contributed by atoms with E-state index >= 15 is 0 Å². The first-order valence-corrected chi connectivity index (χ1v) is 5.33. The molecule has 16 heavy (non-hydrogen) atoms. The summed E-state index contributed by atoms with van der Waals surface area (Å²) in [6.07, 6.45) is 0. The minimum atomic E-state index is -0.100. The minimum absolute atomic E-state index is 0.0461. The molecule has 4 heteroatoms. The molecule has 0 fully saturated rings. The Balaban J connectivity index is 2.69. The molecule has 1 atom stereocenters. The highest BCUT2D eigenvalue weighted by atomic mass is 16.3. The van der Waals surface area contributed by atoms with Crippen molar-refractivity contribution < 1.29 is 9.90 Å². The molecular weight excluding hydrogens is 204 g/mol. The Kier molecular flexibility index (Phi) is 4.95. The Hall–Kier alpha value is -1.39. The van der Waals surface area contributed by atoms with E-state index in [4.69, 9.17) is 5.11 Å². The fourth-order valence-electron chi connectivity index (χ4n) is 1.43. The zero-order chi connectivity index (χ0) is 12.0. The molecule has 1 rings (SSSR count). The van der Waals surface area contributed by atoms with Crippen LogP contribution in [0.25, 0.3) is 0 Å². The third kappa shape index (κ3) is 3.32. The number of para-hydroxylation sites is 1. The van der Waals surface area contributed by atoms with Gasteiger partial charge >= 0.3 is 0 Å². The number of aliphatic hydroxyl groups is 1. The number of benzene rings is 1. The molecule has 1 unspecified atom stereocenters. The van der Waals surface area contributed by atoms with Gasteiger partial charge in [-0.05, 0) is 13.1 Å². The van der Waals surface area contributed by atoms with Crippen molar-refractivity contribution in [3.63, 3.8) is 0 Å². The van der Waals surface area contributed by atoms with Gasteiger partial charge in [-0.15, -0.1) is 0 Å². The maximum absolute atomic E-state index is 11.7. The van der Waals surface area contributed by atoms with E-state index in [0.29, 0.717) is 12.2 Å². The van der Waals surface area contributed by atoms with Crippen LogP contribution in [-0.2, 0) is 11.4 Å². The highest BCUT2D eigenvalue weighted by Crippen LogP contribution is 2.15. The molecule has 1 aromatic rings. The fourth-order valence-corrected chi connectivity index (χ4v) is 1.43. The highest BCUT2D eigenvalue weighted by molar-refractivity contribution is 5.93. The normalized spacial score (nSPS) is 12.2. The average Bonchev–Trinajstić information content (AvgIpc) is 2.30. The molecule has 3 N–H and O–H groups in total. The summed E-state index contributed by atoms with van der Waals surface area (Å²) in [6, 6.07) is 7.24. The highest BCUT2D eigenvalue weighted by Gasteiger charge is 2.12. The Morgan fingerprint density at radius 1 is 1.44 bits per heavy atom. The summed E-state index contributed by atoms with van der Waals surface area (Å²) in [5, 5.41) is 14.9. The first-order valence-electron chi connectivity index (χ1n) is 5.33. The zero-order valence-corrected chi connectivity index (χ0v) is 9.66. The lowest BCUT2D eigenvalue weighted by Crippen LogP contribution is -2.28. The van der Waals surface area contributed by atoms with E-state index in [1.165, 1.54) is 0 Å². The number of anilines is 1. The van der Waals surface area contributed by atoms with Crippen molar-refractivity contribution in [2.24, 2.45) is 5.92 Å². The van der Waals surface area contributed by atoms with Crippen molar-refractivity contribution in [3.05, 3.63) is 29.8 Å². The van der Waals surface area contributed by atoms with Crippen LogP contribution in [0.3, 0.4) is 0 Å². The van der Waals surface area contributed by atoms with E-state index in [0.717, 1.165) is 5.56 Å². The first kappa shape index (κ1) is 12.7. The number of amides is 1. The second-order valence-electron chi connectivity index (χ2n) is 3.76. The van der Waals surface area contributed by atoms with E-state index in [2.05, 4.69) is 10.6 Å². The van der Waals surface area contributed by atoms with Gasteiger partial charge in [0.2, 0.25) is 5.91 Å². The van der Waals surface area contributed by atoms with Crippen LogP contribution in [0.1, 0.15) is 12.5 Å². The molecule has 0 heterocycles. The quantitative estimate of drug-likeness (QED) is 0.695. The van der Waals surface area contributed by atoms with Crippen LogP contribution in [0.2, 0.25) is 0 Å². The predicted molar refractivity (Wildman–Crippen MR) is 64.1 cm³/mol. The topological polar surface area (TPSA) is 61.4 Å². The van der Waals surface area contributed by atoms with Crippen molar-refractivity contribution in [2.75, 3.05) is 18.9 Å². The van der Waals surface area contributed by atoms with Gasteiger partial charge in [0.05, 0.1) is 6.61 Å². The number of hydrogen-bond donors (Lipinski definition) is 3. The van der Waals surface area contributed by atoms with Crippen LogP contribution in [0.5, 0.6) is 0 Å². The second-order valence-corrected chi connectivity index (χ2v) is 3.76. The van der Waals surface area contributed by atoms with Crippen LogP contribution in [-0.4, -0.2) is 24.6 Å². The van der Waals surface area contributed by atoms with Gasteiger partial charge in [0.1, 0.15) is 0 Å². The SMILES string of the molecule is CNCC(C)C(=O)Nc1ccccc1CO.